The molecule has 1 N–H and O–H groups in total. The molecule has 0 bridgehead atoms. The van der Waals surface area contributed by atoms with Gasteiger partial charge in [-0.15, -0.1) is 0 Å². The molecule has 0 aliphatic carbocycles. The number of nitrogens with one attached hydrogen (secondary N) is 1. The SMILES string of the molecule is COCCNc1ccc(C=O)cc1[N+](=O)[O-]. The van der Waals surface area contributed by atoms with Crippen molar-refractivity contribution in [1.82, 2.24) is 0 Å². The van der Waals surface area contributed by atoms with Gasteiger partial charge in [0.05, 0.1) is 11.5 Å². The second-order valence-electron chi connectivity index (χ2n) is 3.07. The molecule has 0 heterocycles. The molecule has 0 fully saturated rings. The van der Waals surface area contributed by atoms with Gasteiger partial charge in [0.1, 0.15) is 12.0 Å². The van der Waals surface area contributed by atoms with Crippen LogP contribution in [0.4, 0.5) is 11.4 Å². The third kappa shape index (κ3) is 3.03. The maximum absolute atomic E-state index is 10.7. The van der Waals surface area contributed by atoms with Gasteiger partial charge in [0.2, 0.25) is 0 Å². The predicted octanol–water partition coefficient (Wildman–Crippen LogP) is 1.47. The summed E-state index contributed by atoms with van der Waals surface area (Å²) in [6.07, 6.45) is 0.575. The molecule has 1 rings (SSSR count). The highest BCUT2D eigenvalue weighted by Gasteiger charge is 2.13. The Morgan fingerprint density at radius 1 is 1.56 bits per heavy atom. The first-order valence-corrected chi connectivity index (χ1v) is 4.65. The molecule has 1 aromatic rings. The van der Waals surface area contributed by atoms with Gasteiger partial charge in [-0.3, -0.25) is 14.9 Å². The lowest BCUT2D eigenvalue weighted by Crippen LogP contribution is -2.09. The summed E-state index contributed by atoms with van der Waals surface area (Å²) in [5.74, 6) is 0. The number of nitrogens with zero attached hydrogens (tertiary/aromatic N) is 1. The molecular formula is C10H12N2O4. The quantitative estimate of drug-likeness (QED) is 0.342. The fraction of sp³-hybridized carbons (Fsp3) is 0.300. The summed E-state index contributed by atoms with van der Waals surface area (Å²) < 4.78 is 4.82. The average molecular weight is 224 g/mol. The van der Waals surface area contributed by atoms with Gasteiger partial charge in [-0.2, -0.15) is 0 Å². The van der Waals surface area contributed by atoms with E-state index in [9.17, 15) is 14.9 Å². The Labute approximate surface area is 92.4 Å². The van der Waals surface area contributed by atoms with Gasteiger partial charge in [-0.25, -0.2) is 0 Å². The van der Waals surface area contributed by atoms with Crippen LogP contribution in [-0.4, -0.2) is 31.5 Å². The average Bonchev–Trinajstić information content (AvgIpc) is 2.29. The molecule has 0 radical (unpaired) electrons. The lowest BCUT2D eigenvalue weighted by atomic mass is 10.2. The second kappa shape index (κ2) is 5.82. The van der Waals surface area contributed by atoms with Crippen molar-refractivity contribution in [1.29, 1.82) is 0 Å². The minimum absolute atomic E-state index is 0.110. The van der Waals surface area contributed by atoms with Gasteiger partial charge in [0.15, 0.2) is 0 Å². The van der Waals surface area contributed by atoms with Gasteiger partial charge in [0.25, 0.3) is 5.69 Å². The maximum atomic E-state index is 10.7. The van der Waals surface area contributed by atoms with Crippen LogP contribution in [0.15, 0.2) is 18.2 Å². The van der Waals surface area contributed by atoms with Crippen LogP contribution < -0.4 is 5.32 Å². The van der Waals surface area contributed by atoms with Gasteiger partial charge in [0, 0.05) is 25.3 Å². The minimum atomic E-state index is -0.526. The molecule has 0 saturated heterocycles. The third-order valence-corrected chi connectivity index (χ3v) is 1.98. The number of aldehydes is 1. The Kier molecular flexibility index (Phi) is 4.41. The normalized spacial score (nSPS) is 9.81. The van der Waals surface area contributed by atoms with Crippen LogP contribution in [-0.2, 0) is 4.74 Å². The van der Waals surface area contributed by atoms with Crippen molar-refractivity contribution in [2.45, 2.75) is 0 Å². The number of anilines is 1. The number of ether oxygens (including phenoxy) is 1. The van der Waals surface area contributed by atoms with Crippen LogP contribution in [0, 0.1) is 10.1 Å². The Hall–Kier alpha value is -1.95. The van der Waals surface area contributed by atoms with E-state index >= 15 is 0 Å². The van der Waals surface area contributed by atoms with Crippen molar-refractivity contribution in [3.63, 3.8) is 0 Å². The number of hydrogen-bond donors (Lipinski definition) is 1. The summed E-state index contributed by atoms with van der Waals surface area (Å²) in [5, 5.41) is 13.6. The van der Waals surface area contributed by atoms with Crippen LogP contribution in [0.2, 0.25) is 0 Å². The van der Waals surface area contributed by atoms with Gasteiger partial charge >= 0.3 is 0 Å². The smallest absolute Gasteiger partial charge is 0.293 e. The maximum Gasteiger partial charge on any atom is 0.293 e. The Balaban J connectivity index is 2.89. The number of rotatable bonds is 6. The molecule has 0 saturated carbocycles. The molecule has 0 spiro atoms. The lowest BCUT2D eigenvalue weighted by Gasteiger charge is -2.06. The molecule has 6 heteroatoms. The second-order valence-corrected chi connectivity index (χ2v) is 3.07. The highest BCUT2D eigenvalue weighted by molar-refractivity contribution is 5.79. The van der Waals surface area contributed by atoms with Crippen molar-refractivity contribution in [3.05, 3.63) is 33.9 Å². The van der Waals surface area contributed by atoms with Crippen LogP contribution in [0.3, 0.4) is 0 Å². The third-order valence-electron chi connectivity index (χ3n) is 1.98. The predicted molar refractivity (Wildman–Crippen MR) is 58.8 cm³/mol. The molecule has 0 unspecified atom stereocenters. The van der Waals surface area contributed by atoms with Gasteiger partial charge in [-0.05, 0) is 12.1 Å². The highest BCUT2D eigenvalue weighted by Crippen LogP contribution is 2.24. The van der Waals surface area contributed by atoms with E-state index in [1.165, 1.54) is 18.2 Å². The molecule has 16 heavy (non-hydrogen) atoms. The number of carbonyl (C=O) groups excluding carboxylic acids is 1. The molecule has 0 atom stereocenters. The van der Waals surface area contributed by atoms with Crippen molar-refractivity contribution < 1.29 is 14.5 Å². The Bertz CT molecular complexity index is 392. The van der Waals surface area contributed by atoms with Crippen molar-refractivity contribution in [3.8, 4) is 0 Å². The largest absolute Gasteiger partial charge is 0.383 e. The molecule has 6 nitrogen and oxygen atoms in total. The van der Waals surface area contributed by atoms with Crippen LogP contribution in [0.1, 0.15) is 10.4 Å². The van der Waals surface area contributed by atoms with Gasteiger partial charge in [-0.1, -0.05) is 0 Å². The lowest BCUT2D eigenvalue weighted by molar-refractivity contribution is -0.384. The van der Waals surface area contributed by atoms with Gasteiger partial charge < -0.3 is 10.1 Å². The number of benzene rings is 1. The van der Waals surface area contributed by atoms with Crippen molar-refractivity contribution in [2.75, 3.05) is 25.6 Å². The zero-order chi connectivity index (χ0) is 12.0. The molecule has 0 aliphatic heterocycles. The Morgan fingerprint density at radius 2 is 2.31 bits per heavy atom. The van der Waals surface area contributed by atoms with E-state index in [0.717, 1.165) is 0 Å². The zero-order valence-electron chi connectivity index (χ0n) is 8.80. The fourth-order valence-electron chi connectivity index (χ4n) is 1.21. The van der Waals surface area contributed by atoms with Crippen molar-refractivity contribution >= 4 is 17.7 Å². The molecule has 0 amide bonds. The number of nitro groups is 1. The molecule has 0 aromatic heterocycles. The van der Waals surface area contributed by atoms with Crippen LogP contribution >= 0.6 is 0 Å². The van der Waals surface area contributed by atoms with Crippen molar-refractivity contribution in [2.24, 2.45) is 0 Å². The molecule has 0 aliphatic rings. The Morgan fingerprint density at radius 3 is 2.88 bits per heavy atom. The topological polar surface area (TPSA) is 81.5 Å². The summed E-state index contributed by atoms with van der Waals surface area (Å²) in [6.45, 7) is 0.921. The van der Waals surface area contributed by atoms with E-state index in [-0.39, 0.29) is 11.3 Å². The van der Waals surface area contributed by atoms with Crippen LogP contribution in [0.25, 0.3) is 0 Å². The number of nitro benzene ring substituents is 1. The summed E-state index contributed by atoms with van der Waals surface area (Å²) in [6, 6.07) is 4.27. The van der Waals surface area contributed by atoms with E-state index in [0.29, 0.717) is 25.1 Å². The number of methoxy groups -OCH3 is 1. The standard InChI is InChI=1S/C10H12N2O4/c1-16-5-4-11-9-3-2-8(7-13)6-10(9)12(14)15/h2-3,6-7,11H,4-5H2,1H3. The summed E-state index contributed by atoms with van der Waals surface area (Å²) >= 11 is 0. The summed E-state index contributed by atoms with van der Waals surface area (Å²) in [4.78, 5) is 20.7. The first-order valence-electron chi connectivity index (χ1n) is 4.65. The number of carbonyl (C=O) groups is 1. The van der Waals surface area contributed by atoms with Crippen LogP contribution in [0.5, 0.6) is 0 Å². The summed E-state index contributed by atoms with van der Waals surface area (Å²) in [5.41, 5.74) is 0.553. The van der Waals surface area contributed by atoms with E-state index in [1.54, 1.807) is 7.11 Å². The molecule has 1 aromatic carbocycles. The molecular weight excluding hydrogens is 212 g/mol. The monoisotopic (exact) mass is 224 g/mol. The first-order chi connectivity index (χ1) is 7.69. The first kappa shape index (κ1) is 12.1. The molecule has 86 valence electrons. The zero-order valence-corrected chi connectivity index (χ0v) is 8.80. The fourth-order valence-corrected chi connectivity index (χ4v) is 1.21. The summed E-state index contributed by atoms with van der Waals surface area (Å²) in [7, 11) is 1.55. The van der Waals surface area contributed by atoms with E-state index < -0.39 is 4.92 Å². The highest BCUT2D eigenvalue weighted by atomic mass is 16.6. The van der Waals surface area contributed by atoms with E-state index in [2.05, 4.69) is 5.32 Å². The van der Waals surface area contributed by atoms with E-state index in [1.807, 2.05) is 0 Å². The van der Waals surface area contributed by atoms with E-state index in [4.69, 9.17) is 4.74 Å². The minimum Gasteiger partial charge on any atom is -0.383 e. The number of hydrogen-bond acceptors (Lipinski definition) is 5.